The summed E-state index contributed by atoms with van der Waals surface area (Å²) < 4.78 is 0. The van der Waals surface area contributed by atoms with Gasteiger partial charge in [0.15, 0.2) is 0 Å². The molecular formula is C20H21Cl2N3O3. The van der Waals surface area contributed by atoms with Gasteiger partial charge in [0.05, 0.1) is 0 Å². The Bertz CT molecular complexity index is 839. The van der Waals surface area contributed by atoms with E-state index in [0.29, 0.717) is 23.7 Å². The molecule has 3 rings (SSSR count). The van der Waals surface area contributed by atoms with Crippen LogP contribution in [0.1, 0.15) is 22.3 Å². The van der Waals surface area contributed by atoms with Crippen LogP contribution in [0.2, 0.25) is 5.02 Å². The zero-order valence-electron chi connectivity index (χ0n) is 15.0. The Kier molecular flexibility index (Phi) is 7.87. The van der Waals surface area contributed by atoms with Gasteiger partial charge < -0.3 is 10.2 Å². The number of amides is 2. The fourth-order valence-corrected chi connectivity index (χ4v) is 3.10. The van der Waals surface area contributed by atoms with E-state index in [1.54, 1.807) is 35.8 Å². The number of hydrogen-bond donors (Lipinski definition) is 3. The van der Waals surface area contributed by atoms with Gasteiger partial charge in [-0.25, -0.2) is 5.48 Å². The minimum absolute atomic E-state index is 0. The quantitative estimate of drug-likeness (QED) is 0.391. The molecular weight excluding hydrogens is 401 g/mol. The van der Waals surface area contributed by atoms with E-state index in [9.17, 15) is 9.59 Å². The van der Waals surface area contributed by atoms with Crippen molar-refractivity contribution in [2.45, 2.75) is 12.5 Å². The number of nitrogens with zero attached hydrogens (tertiary/aromatic N) is 1. The van der Waals surface area contributed by atoms with Crippen molar-refractivity contribution < 1.29 is 14.8 Å². The molecule has 0 spiro atoms. The second-order valence-electron chi connectivity index (χ2n) is 6.32. The number of hydrogen-bond acceptors (Lipinski definition) is 4. The maximum Gasteiger partial charge on any atom is 0.267 e. The topological polar surface area (TPSA) is 81.7 Å². The molecule has 1 saturated heterocycles. The molecule has 28 heavy (non-hydrogen) atoms. The Morgan fingerprint density at radius 2 is 1.79 bits per heavy atom. The summed E-state index contributed by atoms with van der Waals surface area (Å²) in [5, 5.41) is 12.5. The fourth-order valence-electron chi connectivity index (χ4n) is 2.97. The van der Waals surface area contributed by atoms with E-state index in [1.165, 1.54) is 6.08 Å². The molecule has 2 amide bonds. The average Bonchev–Trinajstić information content (AvgIpc) is 3.15. The molecule has 0 saturated carbocycles. The van der Waals surface area contributed by atoms with Crippen LogP contribution < -0.4 is 10.8 Å². The van der Waals surface area contributed by atoms with Crippen LogP contribution in [0.3, 0.4) is 0 Å². The van der Waals surface area contributed by atoms with Gasteiger partial charge in [0, 0.05) is 41.5 Å². The van der Waals surface area contributed by atoms with Crippen LogP contribution in [0, 0.1) is 0 Å². The third-order valence-corrected chi connectivity index (χ3v) is 4.64. The highest BCUT2D eigenvalue weighted by molar-refractivity contribution is 6.30. The van der Waals surface area contributed by atoms with Crippen molar-refractivity contribution in [3.05, 3.63) is 70.8 Å². The van der Waals surface area contributed by atoms with Gasteiger partial charge in [-0.05, 0) is 54.5 Å². The van der Waals surface area contributed by atoms with E-state index in [-0.39, 0.29) is 24.4 Å². The summed E-state index contributed by atoms with van der Waals surface area (Å²) in [6, 6.07) is 14.7. The number of hydroxylamine groups is 1. The van der Waals surface area contributed by atoms with E-state index >= 15 is 0 Å². The predicted molar refractivity (Wildman–Crippen MR) is 112 cm³/mol. The van der Waals surface area contributed by atoms with Gasteiger partial charge in [-0.2, -0.15) is 0 Å². The number of halogens is 2. The summed E-state index contributed by atoms with van der Waals surface area (Å²) in [4.78, 5) is 25.4. The molecule has 148 valence electrons. The highest BCUT2D eigenvalue weighted by Crippen LogP contribution is 2.19. The van der Waals surface area contributed by atoms with E-state index in [0.717, 1.165) is 17.7 Å². The molecule has 8 heteroatoms. The molecule has 0 radical (unpaired) electrons. The van der Waals surface area contributed by atoms with Gasteiger partial charge >= 0.3 is 0 Å². The first-order chi connectivity index (χ1) is 13.0. The van der Waals surface area contributed by atoms with Crippen LogP contribution in [0.5, 0.6) is 0 Å². The summed E-state index contributed by atoms with van der Waals surface area (Å²) in [6.45, 7) is 1.34. The van der Waals surface area contributed by atoms with E-state index in [4.69, 9.17) is 16.8 Å². The van der Waals surface area contributed by atoms with E-state index in [2.05, 4.69) is 5.32 Å². The van der Waals surface area contributed by atoms with E-state index in [1.807, 2.05) is 29.2 Å². The van der Waals surface area contributed by atoms with E-state index < -0.39 is 5.91 Å². The molecule has 2 aromatic rings. The zero-order valence-corrected chi connectivity index (χ0v) is 16.5. The molecule has 1 aliphatic rings. The Morgan fingerprint density at radius 1 is 1.11 bits per heavy atom. The number of likely N-dealkylation sites (tertiary alicyclic amines) is 1. The molecule has 1 aliphatic heterocycles. The largest absolute Gasteiger partial charge is 0.380 e. The molecule has 1 atom stereocenters. The molecule has 0 aromatic heterocycles. The molecule has 1 fully saturated rings. The van der Waals surface area contributed by atoms with Crippen LogP contribution >= 0.6 is 24.0 Å². The maximum absolute atomic E-state index is 12.5. The number of anilines is 1. The smallest absolute Gasteiger partial charge is 0.267 e. The van der Waals surface area contributed by atoms with Crippen LogP contribution in [-0.4, -0.2) is 41.1 Å². The average molecular weight is 422 g/mol. The SMILES string of the molecule is Cl.O=C(/C=C/c1ccc(N[C@@H]2CCN(C(=O)c3ccc(Cl)cc3)C2)cc1)NO. The Morgan fingerprint density at radius 3 is 2.43 bits per heavy atom. The second-order valence-corrected chi connectivity index (χ2v) is 6.76. The molecule has 2 aromatic carbocycles. The van der Waals surface area contributed by atoms with Crippen molar-refractivity contribution in [2.75, 3.05) is 18.4 Å². The molecule has 0 aliphatic carbocycles. The van der Waals surface area contributed by atoms with Gasteiger partial charge in [0.25, 0.3) is 11.8 Å². The van der Waals surface area contributed by atoms with Crippen LogP contribution in [0.4, 0.5) is 5.69 Å². The third-order valence-electron chi connectivity index (χ3n) is 4.39. The summed E-state index contributed by atoms with van der Waals surface area (Å²) in [5.74, 6) is -0.563. The minimum Gasteiger partial charge on any atom is -0.380 e. The zero-order chi connectivity index (χ0) is 19.2. The van der Waals surface area contributed by atoms with Crippen LogP contribution in [0.25, 0.3) is 6.08 Å². The predicted octanol–water partition coefficient (Wildman–Crippen LogP) is 3.61. The lowest BCUT2D eigenvalue weighted by molar-refractivity contribution is -0.124. The molecule has 6 nitrogen and oxygen atoms in total. The normalized spacial score (nSPS) is 15.9. The minimum atomic E-state index is -0.575. The van der Waals surface area contributed by atoms with Crippen LogP contribution in [-0.2, 0) is 4.79 Å². The monoisotopic (exact) mass is 421 g/mol. The highest BCUT2D eigenvalue weighted by atomic mass is 35.5. The van der Waals surface area contributed by atoms with Crippen molar-refractivity contribution in [2.24, 2.45) is 0 Å². The molecule has 0 unspecified atom stereocenters. The van der Waals surface area contributed by atoms with Crippen molar-refractivity contribution >= 4 is 47.6 Å². The summed E-state index contributed by atoms with van der Waals surface area (Å²) in [7, 11) is 0. The Balaban J connectivity index is 0.00000280. The fraction of sp³-hybridized carbons (Fsp3) is 0.200. The highest BCUT2D eigenvalue weighted by Gasteiger charge is 2.26. The first-order valence-electron chi connectivity index (χ1n) is 8.59. The summed E-state index contributed by atoms with van der Waals surface area (Å²) in [5.41, 5.74) is 3.98. The van der Waals surface area contributed by atoms with Gasteiger partial charge in [0.2, 0.25) is 0 Å². The lowest BCUT2D eigenvalue weighted by Crippen LogP contribution is -2.31. The number of nitrogens with one attached hydrogen (secondary N) is 2. The van der Waals surface area contributed by atoms with Gasteiger partial charge in [-0.15, -0.1) is 12.4 Å². The first kappa shape index (κ1) is 21.8. The van der Waals surface area contributed by atoms with Crippen LogP contribution in [0.15, 0.2) is 54.6 Å². The van der Waals surface area contributed by atoms with Gasteiger partial charge in [-0.1, -0.05) is 23.7 Å². The molecule has 3 N–H and O–H groups in total. The standard InChI is InChI=1S/C20H20ClN3O3.ClH/c21-16-6-4-15(5-7-16)20(26)24-12-11-18(13-24)22-17-8-1-14(2-9-17)3-10-19(25)23-27;/h1-10,18,22,27H,11-13H2,(H,23,25);1H/b10-3+;/t18-;/m1./s1. The summed E-state index contributed by atoms with van der Waals surface area (Å²) >= 11 is 5.87. The van der Waals surface area contributed by atoms with Crippen molar-refractivity contribution in [1.82, 2.24) is 10.4 Å². The second kappa shape index (κ2) is 10.1. The number of rotatable bonds is 5. The van der Waals surface area contributed by atoms with Gasteiger partial charge in [0.1, 0.15) is 0 Å². The third kappa shape index (κ3) is 5.73. The van der Waals surface area contributed by atoms with Gasteiger partial charge in [-0.3, -0.25) is 14.8 Å². The maximum atomic E-state index is 12.5. The Hall–Kier alpha value is -2.54. The van der Waals surface area contributed by atoms with Crippen molar-refractivity contribution in [1.29, 1.82) is 0 Å². The molecule has 0 bridgehead atoms. The number of benzene rings is 2. The number of carbonyl (C=O) groups is 2. The lowest BCUT2D eigenvalue weighted by atomic mass is 10.1. The first-order valence-corrected chi connectivity index (χ1v) is 8.96. The summed E-state index contributed by atoms with van der Waals surface area (Å²) in [6.07, 6.45) is 3.73. The van der Waals surface area contributed by atoms with Crippen molar-refractivity contribution in [3.8, 4) is 0 Å². The Labute approximate surface area is 174 Å². The number of carbonyl (C=O) groups excluding carboxylic acids is 2. The molecule has 1 heterocycles. The lowest BCUT2D eigenvalue weighted by Gasteiger charge is -2.18. The van der Waals surface area contributed by atoms with Crippen molar-refractivity contribution in [3.63, 3.8) is 0 Å².